The summed E-state index contributed by atoms with van der Waals surface area (Å²) in [6.07, 6.45) is 0. The SMILES string of the molecule is C[Si](C)c1ccccc1-c1cc(Cl)nc(Cl)n1. The van der Waals surface area contributed by atoms with Crippen molar-refractivity contribution < 1.29 is 0 Å². The minimum Gasteiger partial charge on any atom is -0.218 e. The fraction of sp³-hybridized carbons (Fsp3) is 0.167. The van der Waals surface area contributed by atoms with Gasteiger partial charge in [0.25, 0.3) is 0 Å². The molecule has 0 N–H and O–H groups in total. The molecule has 1 aromatic heterocycles. The van der Waals surface area contributed by atoms with E-state index in [4.69, 9.17) is 23.2 Å². The van der Waals surface area contributed by atoms with Crippen LogP contribution in [0.25, 0.3) is 11.3 Å². The molecule has 0 unspecified atom stereocenters. The Hall–Kier alpha value is -0.903. The summed E-state index contributed by atoms with van der Waals surface area (Å²) in [7, 11) is -0.561. The summed E-state index contributed by atoms with van der Waals surface area (Å²) in [5.74, 6) is 0. The van der Waals surface area contributed by atoms with Crippen molar-refractivity contribution in [3.63, 3.8) is 0 Å². The molecule has 1 radical (unpaired) electrons. The van der Waals surface area contributed by atoms with Gasteiger partial charge in [-0.3, -0.25) is 0 Å². The van der Waals surface area contributed by atoms with Crippen molar-refractivity contribution in [1.82, 2.24) is 9.97 Å². The van der Waals surface area contributed by atoms with Crippen LogP contribution in [-0.2, 0) is 0 Å². The Morgan fingerprint density at radius 3 is 2.41 bits per heavy atom. The molecule has 0 amide bonds. The maximum Gasteiger partial charge on any atom is 0.224 e. The van der Waals surface area contributed by atoms with Gasteiger partial charge >= 0.3 is 0 Å². The van der Waals surface area contributed by atoms with Crippen molar-refractivity contribution in [2.75, 3.05) is 0 Å². The number of aromatic nitrogens is 2. The van der Waals surface area contributed by atoms with E-state index in [9.17, 15) is 0 Å². The summed E-state index contributed by atoms with van der Waals surface area (Å²) in [4.78, 5) is 8.10. The Morgan fingerprint density at radius 2 is 1.76 bits per heavy atom. The van der Waals surface area contributed by atoms with E-state index in [2.05, 4.69) is 29.1 Å². The molecule has 0 bridgehead atoms. The number of halogens is 2. The third-order valence-electron chi connectivity index (χ3n) is 2.41. The predicted molar refractivity (Wildman–Crippen MR) is 74.6 cm³/mol. The van der Waals surface area contributed by atoms with E-state index in [1.165, 1.54) is 5.19 Å². The third kappa shape index (κ3) is 2.86. The first-order chi connectivity index (χ1) is 8.08. The van der Waals surface area contributed by atoms with Gasteiger partial charge in [-0.15, -0.1) is 0 Å². The van der Waals surface area contributed by atoms with Gasteiger partial charge in [-0.1, -0.05) is 54.1 Å². The summed E-state index contributed by atoms with van der Waals surface area (Å²) < 4.78 is 0. The van der Waals surface area contributed by atoms with Crippen LogP contribution in [0.3, 0.4) is 0 Å². The van der Waals surface area contributed by atoms with Crippen LogP contribution in [0.2, 0.25) is 23.5 Å². The number of nitrogens with zero attached hydrogens (tertiary/aromatic N) is 2. The van der Waals surface area contributed by atoms with Gasteiger partial charge < -0.3 is 0 Å². The normalized spacial score (nSPS) is 10.9. The molecule has 0 atom stereocenters. The number of benzene rings is 1. The van der Waals surface area contributed by atoms with E-state index in [1.807, 2.05) is 18.2 Å². The van der Waals surface area contributed by atoms with E-state index < -0.39 is 8.80 Å². The molecule has 0 aliphatic rings. The first kappa shape index (κ1) is 12.6. The molecule has 87 valence electrons. The van der Waals surface area contributed by atoms with E-state index in [0.717, 1.165) is 11.3 Å². The fourth-order valence-corrected chi connectivity index (χ4v) is 3.26. The lowest BCUT2D eigenvalue weighted by molar-refractivity contribution is 1.17. The molecule has 1 aromatic carbocycles. The Labute approximate surface area is 112 Å². The van der Waals surface area contributed by atoms with Crippen molar-refractivity contribution >= 4 is 37.2 Å². The van der Waals surface area contributed by atoms with Crippen molar-refractivity contribution in [2.45, 2.75) is 13.1 Å². The Morgan fingerprint density at radius 1 is 1.06 bits per heavy atom. The van der Waals surface area contributed by atoms with Crippen LogP contribution in [0.4, 0.5) is 0 Å². The van der Waals surface area contributed by atoms with Gasteiger partial charge in [-0.05, 0) is 17.2 Å². The Kier molecular flexibility index (Phi) is 3.81. The van der Waals surface area contributed by atoms with Crippen molar-refractivity contribution in [3.05, 3.63) is 40.8 Å². The smallest absolute Gasteiger partial charge is 0.218 e. The molecular weight excluding hydrogens is 271 g/mol. The van der Waals surface area contributed by atoms with E-state index in [0.29, 0.717) is 5.15 Å². The topological polar surface area (TPSA) is 25.8 Å². The highest BCUT2D eigenvalue weighted by Crippen LogP contribution is 2.20. The average Bonchev–Trinajstić information content (AvgIpc) is 2.27. The number of hydrogen-bond acceptors (Lipinski definition) is 2. The van der Waals surface area contributed by atoms with Crippen LogP contribution in [-0.4, -0.2) is 18.8 Å². The molecule has 0 spiro atoms. The van der Waals surface area contributed by atoms with Crippen molar-refractivity contribution in [3.8, 4) is 11.3 Å². The van der Waals surface area contributed by atoms with Crippen molar-refractivity contribution in [2.24, 2.45) is 0 Å². The molecule has 0 aliphatic heterocycles. The van der Waals surface area contributed by atoms with Gasteiger partial charge in [0.15, 0.2) is 0 Å². The quantitative estimate of drug-likeness (QED) is 0.479. The third-order valence-corrected chi connectivity index (χ3v) is 4.29. The molecule has 2 nitrogen and oxygen atoms in total. The summed E-state index contributed by atoms with van der Waals surface area (Å²) in [6.45, 7) is 4.49. The number of hydrogen-bond donors (Lipinski definition) is 0. The highest BCUT2D eigenvalue weighted by Gasteiger charge is 2.11. The minimum atomic E-state index is -0.561. The van der Waals surface area contributed by atoms with Gasteiger partial charge in [0.1, 0.15) is 5.15 Å². The highest BCUT2D eigenvalue weighted by atomic mass is 35.5. The van der Waals surface area contributed by atoms with Crippen LogP contribution in [0.5, 0.6) is 0 Å². The average molecular weight is 282 g/mol. The summed E-state index contributed by atoms with van der Waals surface area (Å²) in [6, 6.07) is 9.96. The van der Waals surface area contributed by atoms with Gasteiger partial charge in [-0.2, -0.15) is 0 Å². The van der Waals surface area contributed by atoms with Crippen LogP contribution in [0.1, 0.15) is 0 Å². The zero-order valence-corrected chi connectivity index (χ0v) is 12.0. The van der Waals surface area contributed by atoms with Gasteiger partial charge in [0, 0.05) is 6.07 Å². The lowest BCUT2D eigenvalue weighted by atomic mass is 10.1. The Balaban J connectivity index is 2.60. The molecule has 0 saturated heterocycles. The maximum atomic E-state index is 5.90. The molecule has 5 heteroatoms. The molecule has 1 heterocycles. The maximum absolute atomic E-state index is 5.90. The second-order valence-corrected chi connectivity index (χ2v) is 7.15. The van der Waals surface area contributed by atoms with Crippen LogP contribution >= 0.6 is 23.2 Å². The minimum absolute atomic E-state index is 0.184. The molecular formula is C12H11Cl2N2Si. The fourth-order valence-electron chi connectivity index (χ4n) is 1.67. The molecule has 0 fully saturated rings. The lowest BCUT2D eigenvalue weighted by Gasteiger charge is -2.11. The summed E-state index contributed by atoms with van der Waals surface area (Å²) >= 11 is 11.7. The van der Waals surface area contributed by atoms with Crippen LogP contribution < -0.4 is 5.19 Å². The molecule has 17 heavy (non-hydrogen) atoms. The lowest BCUT2D eigenvalue weighted by Crippen LogP contribution is -2.24. The second kappa shape index (κ2) is 5.17. The van der Waals surface area contributed by atoms with Gasteiger partial charge in [-0.25, -0.2) is 9.97 Å². The molecule has 0 aliphatic carbocycles. The predicted octanol–water partition coefficient (Wildman–Crippen LogP) is 3.41. The number of rotatable bonds is 2. The Bertz CT molecular complexity index is 524. The summed E-state index contributed by atoms with van der Waals surface area (Å²) in [5, 5.41) is 1.88. The van der Waals surface area contributed by atoms with Gasteiger partial charge in [0.05, 0.1) is 14.5 Å². The zero-order chi connectivity index (χ0) is 12.4. The largest absolute Gasteiger partial charge is 0.224 e. The van der Waals surface area contributed by atoms with E-state index in [-0.39, 0.29) is 5.28 Å². The van der Waals surface area contributed by atoms with E-state index in [1.54, 1.807) is 6.07 Å². The van der Waals surface area contributed by atoms with Crippen molar-refractivity contribution in [1.29, 1.82) is 0 Å². The molecule has 2 rings (SSSR count). The van der Waals surface area contributed by atoms with Crippen LogP contribution in [0.15, 0.2) is 30.3 Å². The zero-order valence-electron chi connectivity index (χ0n) is 9.54. The summed E-state index contributed by atoms with van der Waals surface area (Å²) in [5.41, 5.74) is 1.88. The molecule has 0 saturated carbocycles. The van der Waals surface area contributed by atoms with E-state index >= 15 is 0 Å². The standard InChI is InChI=1S/C12H11Cl2N2Si/c1-17(2)10-6-4-3-5-8(10)9-7-11(13)16-12(14)15-9/h3-7H,1-2H3. The molecule has 2 aromatic rings. The van der Waals surface area contributed by atoms with Gasteiger partial charge in [0.2, 0.25) is 5.28 Å². The monoisotopic (exact) mass is 281 g/mol. The highest BCUT2D eigenvalue weighted by molar-refractivity contribution is 6.72. The first-order valence-corrected chi connectivity index (χ1v) is 8.43. The second-order valence-electron chi connectivity index (χ2n) is 3.89. The first-order valence-electron chi connectivity index (χ1n) is 5.18. The van der Waals surface area contributed by atoms with Crippen LogP contribution in [0, 0.1) is 0 Å².